The number of anilines is 1. The molecule has 0 heterocycles. The van der Waals surface area contributed by atoms with Gasteiger partial charge in [-0.05, 0) is 60.8 Å². The summed E-state index contributed by atoms with van der Waals surface area (Å²) in [6.45, 7) is 4.51. The molecule has 3 heteroatoms. The number of nitrogens with one attached hydrogen (secondary N) is 1. The molecule has 1 atom stereocenters. The van der Waals surface area contributed by atoms with Crippen LogP contribution in [-0.2, 0) is 12.8 Å². The van der Waals surface area contributed by atoms with Crippen molar-refractivity contribution in [3.05, 3.63) is 29.3 Å². The van der Waals surface area contributed by atoms with E-state index in [1.54, 1.807) is 0 Å². The van der Waals surface area contributed by atoms with Crippen LogP contribution in [0.2, 0.25) is 0 Å². The van der Waals surface area contributed by atoms with E-state index in [0.717, 1.165) is 12.1 Å². The molecule has 0 spiro atoms. The van der Waals surface area contributed by atoms with Crippen molar-refractivity contribution in [1.82, 2.24) is 0 Å². The molecule has 102 valence electrons. The van der Waals surface area contributed by atoms with Gasteiger partial charge in [-0.1, -0.05) is 19.9 Å². The molecular weight excluding hydrogens is 234 g/mol. The summed E-state index contributed by atoms with van der Waals surface area (Å²) in [5.74, 6) is 0.552. The standard InChI is InChI=1S/C16H23N3/c1-16(2)9-8-14(16)19-15(17)18-13-7-6-11-4-3-5-12(11)10-13/h6-7,10,14H,3-5,8-9H2,1-2H3,(H3,17,18,19). The molecule has 0 aliphatic heterocycles. The molecule has 0 amide bonds. The SMILES string of the molecule is CC1(C)CCC1N=C(N)Nc1ccc2c(c1)CCC2. The van der Waals surface area contributed by atoms with Gasteiger partial charge in [0.1, 0.15) is 0 Å². The Bertz CT molecular complexity index is 517. The van der Waals surface area contributed by atoms with Crippen molar-refractivity contribution in [1.29, 1.82) is 0 Å². The third kappa shape index (κ3) is 2.46. The molecule has 2 aliphatic carbocycles. The molecule has 3 N–H and O–H groups in total. The van der Waals surface area contributed by atoms with Gasteiger partial charge in [-0.2, -0.15) is 0 Å². The van der Waals surface area contributed by atoms with Crippen LogP contribution in [0.5, 0.6) is 0 Å². The minimum absolute atomic E-state index is 0.310. The summed E-state index contributed by atoms with van der Waals surface area (Å²) in [6, 6.07) is 6.91. The number of nitrogens with two attached hydrogens (primary N) is 1. The Balaban J connectivity index is 1.69. The number of rotatable bonds is 2. The van der Waals surface area contributed by atoms with Crippen LogP contribution in [0.3, 0.4) is 0 Å². The van der Waals surface area contributed by atoms with E-state index >= 15 is 0 Å². The first-order chi connectivity index (χ1) is 9.04. The van der Waals surface area contributed by atoms with E-state index in [9.17, 15) is 0 Å². The number of hydrogen-bond acceptors (Lipinski definition) is 1. The Morgan fingerprint density at radius 1 is 1.32 bits per heavy atom. The van der Waals surface area contributed by atoms with Gasteiger partial charge in [-0.25, -0.2) is 4.99 Å². The average Bonchev–Trinajstić information content (AvgIpc) is 2.82. The van der Waals surface area contributed by atoms with Crippen molar-refractivity contribution < 1.29 is 0 Å². The highest BCUT2D eigenvalue weighted by atomic mass is 15.1. The minimum Gasteiger partial charge on any atom is -0.370 e. The molecule has 1 unspecified atom stereocenters. The van der Waals surface area contributed by atoms with Crippen molar-refractivity contribution in [3.63, 3.8) is 0 Å². The monoisotopic (exact) mass is 257 g/mol. The summed E-state index contributed by atoms with van der Waals surface area (Å²) in [5, 5.41) is 3.24. The lowest BCUT2D eigenvalue weighted by Gasteiger charge is -2.41. The first-order valence-corrected chi connectivity index (χ1v) is 7.27. The number of fused-ring (bicyclic) bond motifs is 1. The summed E-state index contributed by atoms with van der Waals surface area (Å²) in [5.41, 5.74) is 10.3. The van der Waals surface area contributed by atoms with E-state index in [1.165, 1.54) is 36.8 Å². The van der Waals surface area contributed by atoms with E-state index in [0.29, 0.717) is 17.4 Å². The molecule has 0 saturated heterocycles. The third-order valence-corrected chi connectivity index (χ3v) is 4.63. The number of nitrogens with zero attached hydrogens (tertiary/aromatic N) is 1. The Kier molecular flexibility index (Phi) is 3.00. The second kappa shape index (κ2) is 4.55. The lowest BCUT2D eigenvalue weighted by Crippen LogP contribution is -2.40. The van der Waals surface area contributed by atoms with Gasteiger partial charge in [-0.15, -0.1) is 0 Å². The van der Waals surface area contributed by atoms with Crippen LogP contribution in [0.15, 0.2) is 23.2 Å². The molecule has 2 aliphatic rings. The quantitative estimate of drug-likeness (QED) is 0.632. The fourth-order valence-corrected chi connectivity index (χ4v) is 3.09. The minimum atomic E-state index is 0.310. The molecule has 0 aromatic heterocycles. The number of guanidine groups is 1. The van der Waals surface area contributed by atoms with Gasteiger partial charge >= 0.3 is 0 Å². The Labute approximate surface area is 115 Å². The Morgan fingerprint density at radius 2 is 2.11 bits per heavy atom. The summed E-state index contributed by atoms with van der Waals surface area (Å²) < 4.78 is 0. The van der Waals surface area contributed by atoms with Gasteiger partial charge in [0.15, 0.2) is 5.96 Å². The van der Waals surface area contributed by atoms with Gasteiger partial charge < -0.3 is 11.1 Å². The zero-order valence-corrected chi connectivity index (χ0v) is 11.9. The van der Waals surface area contributed by atoms with Crippen LogP contribution in [-0.4, -0.2) is 12.0 Å². The highest BCUT2D eigenvalue weighted by Gasteiger charge is 2.38. The molecule has 0 radical (unpaired) electrons. The van der Waals surface area contributed by atoms with E-state index in [2.05, 4.69) is 42.4 Å². The number of aliphatic imine (C=N–C) groups is 1. The maximum atomic E-state index is 6.02. The largest absolute Gasteiger partial charge is 0.370 e. The fraction of sp³-hybridized carbons (Fsp3) is 0.562. The highest BCUT2D eigenvalue weighted by Crippen LogP contribution is 2.42. The first-order valence-electron chi connectivity index (χ1n) is 7.27. The van der Waals surface area contributed by atoms with Crippen molar-refractivity contribution in [2.45, 2.75) is 52.0 Å². The highest BCUT2D eigenvalue weighted by molar-refractivity contribution is 5.92. The molecular formula is C16H23N3. The lowest BCUT2D eigenvalue weighted by molar-refractivity contribution is 0.145. The van der Waals surface area contributed by atoms with Crippen LogP contribution >= 0.6 is 0 Å². The molecule has 1 saturated carbocycles. The van der Waals surface area contributed by atoms with Crippen molar-refractivity contribution in [3.8, 4) is 0 Å². The predicted octanol–water partition coefficient (Wildman–Crippen LogP) is 3.09. The number of hydrogen-bond donors (Lipinski definition) is 2. The average molecular weight is 257 g/mol. The molecule has 19 heavy (non-hydrogen) atoms. The van der Waals surface area contributed by atoms with Gasteiger partial charge in [0.2, 0.25) is 0 Å². The van der Waals surface area contributed by atoms with Crippen molar-refractivity contribution in [2.75, 3.05) is 5.32 Å². The molecule has 3 rings (SSSR count). The molecule has 1 fully saturated rings. The Hall–Kier alpha value is -1.51. The van der Waals surface area contributed by atoms with Crippen molar-refractivity contribution >= 4 is 11.6 Å². The number of aryl methyl sites for hydroxylation is 2. The summed E-state index contributed by atoms with van der Waals surface area (Å²) in [6.07, 6.45) is 6.08. The summed E-state index contributed by atoms with van der Waals surface area (Å²) in [7, 11) is 0. The second-order valence-electron chi connectivity index (χ2n) is 6.52. The van der Waals surface area contributed by atoms with Gasteiger partial charge in [-0.3, -0.25) is 0 Å². The number of benzene rings is 1. The van der Waals surface area contributed by atoms with E-state index in [-0.39, 0.29) is 0 Å². The van der Waals surface area contributed by atoms with Gasteiger partial charge in [0, 0.05) is 5.69 Å². The van der Waals surface area contributed by atoms with Crippen LogP contribution in [0.1, 0.15) is 44.2 Å². The first kappa shape index (κ1) is 12.5. The summed E-state index contributed by atoms with van der Waals surface area (Å²) in [4.78, 5) is 4.61. The van der Waals surface area contributed by atoms with Crippen LogP contribution < -0.4 is 11.1 Å². The third-order valence-electron chi connectivity index (χ3n) is 4.63. The molecule has 1 aromatic carbocycles. The molecule has 1 aromatic rings. The zero-order chi connectivity index (χ0) is 13.5. The van der Waals surface area contributed by atoms with E-state index in [4.69, 9.17) is 5.73 Å². The summed E-state index contributed by atoms with van der Waals surface area (Å²) >= 11 is 0. The normalized spacial score (nSPS) is 24.7. The molecule has 0 bridgehead atoms. The smallest absolute Gasteiger partial charge is 0.193 e. The topological polar surface area (TPSA) is 50.4 Å². The Morgan fingerprint density at radius 3 is 2.79 bits per heavy atom. The van der Waals surface area contributed by atoms with Crippen molar-refractivity contribution in [2.24, 2.45) is 16.1 Å². The van der Waals surface area contributed by atoms with Gasteiger partial charge in [0.05, 0.1) is 6.04 Å². The second-order valence-corrected chi connectivity index (χ2v) is 6.52. The fourth-order valence-electron chi connectivity index (χ4n) is 3.09. The maximum absolute atomic E-state index is 6.02. The van der Waals surface area contributed by atoms with Crippen LogP contribution in [0.4, 0.5) is 5.69 Å². The maximum Gasteiger partial charge on any atom is 0.193 e. The lowest BCUT2D eigenvalue weighted by atomic mass is 9.68. The predicted molar refractivity (Wildman–Crippen MR) is 80.5 cm³/mol. The van der Waals surface area contributed by atoms with Crippen LogP contribution in [0.25, 0.3) is 0 Å². The van der Waals surface area contributed by atoms with E-state index < -0.39 is 0 Å². The molecule has 3 nitrogen and oxygen atoms in total. The van der Waals surface area contributed by atoms with Gasteiger partial charge in [0.25, 0.3) is 0 Å². The zero-order valence-electron chi connectivity index (χ0n) is 11.9. The van der Waals surface area contributed by atoms with E-state index in [1.807, 2.05) is 0 Å². The van der Waals surface area contributed by atoms with Crippen LogP contribution in [0, 0.1) is 5.41 Å².